The summed E-state index contributed by atoms with van der Waals surface area (Å²) in [5.41, 5.74) is 6.74. The highest BCUT2D eigenvalue weighted by Gasteiger charge is 2.18. The number of carboxylic acids is 1. The van der Waals surface area contributed by atoms with E-state index in [1.807, 2.05) is 37.3 Å². The summed E-state index contributed by atoms with van der Waals surface area (Å²) in [5, 5.41) is 8.74. The third-order valence-corrected chi connectivity index (χ3v) is 2.26. The van der Waals surface area contributed by atoms with Crippen molar-refractivity contribution in [2.24, 2.45) is 5.73 Å². The van der Waals surface area contributed by atoms with Gasteiger partial charge in [-0.25, -0.2) is 0 Å². The highest BCUT2D eigenvalue weighted by Crippen LogP contribution is 2.21. The van der Waals surface area contributed by atoms with Crippen LogP contribution in [-0.2, 0) is 4.79 Å². The average molecular weight is 193 g/mol. The minimum absolute atomic E-state index is 0.0850. The van der Waals surface area contributed by atoms with E-state index in [-0.39, 0.29) is 18.4 Å². The second-order valence-electron chi connectivity index (χ2n) is 3.47. The van der Waals surface area contributed by atoms with Crippen LogP contribution >= 0.6 is 0 Å². The van der Waals surface area contributed by atoms with Gasteiger partial charge in [-0.3, -0.25) is 4.79 Å². The van der Waals surface area contributed by atoms with Crippen LogP contribution in [0.25, 0.3) is 0 Å². The number of hydrogen-bond acceptors (Lipinski definition) is 2. The van der Waals surface area contributed by atoms with Gasteiger partial charge >= 0.3 is 5.97 Å². The fraction of sp³-hybridized carbons (Fsp3) is 0.364. The lowest BCUT2D eigenvalue weighted by molar-refractivity contribution is -0.137. The van der Waals surface area contributed by atoms with Gasteiger partial charge in [-0.1, -0.05) is 30.3 Å². The van der Waals surface area contributed by atoms with Crippen LogP contribution in [0.1, 0.15) is 24.8 Å². The molecule has 0 aliphatic heterocycles. The van der Waals surface area contributed by atoms with Crippen LogP contribution in [0.2, 0.25) is 0 Å². The van der Waals surface area contributed by atoms with Crippen molar-refractivity contribution in [1.82, 2.24) is 0 Å². The Morgan fingerprint density at radius 2 is 2.00 bits per heavy atom. The summed E-state index contributed by atoms with van der Waals surface area (Å²) in [5.74, 6) is -0.912. The first-order valence-electron chi connectivity index (χ1n) is 4.63. The van der Waals surface area contributed by atoms with Crippen molar-refractivity contribution in [2.75, 3.05) is 0 Å². The Bertz CT molecular complexity index is 295. The van der Waals surface area contributed by atoms with Crippen LogP contribution in [0.4, 0.5) is 0 Å². The van der Waals surface area contributed by atoms with E-state index in [4.69, 9.17) is 10.8 Å². The molecule has 0 radical (unpaired) electrons. The summed E-state index contributed by atoms with van der Waals surface area (Å²) in [6.07, 6.45) is 0.0850. The van der Waals surface area contributed by atoms with E-state index in [1.165, 1.54) is 0 Å². The molecule has 0 unspecified atom stereocenters. The first-order valence-corrected chi connectivity index (χ1v) is 4.63. The molecule has 0 saturated carbocycles. The number of rotatable bonds is 4. The van der Waals surface area contributed by atoms with E-state index in [2.05, 4.69) is 0 Å². The molecular weight excluding hydrogens is 178 g/mol. The maximum atomic E-state index is 10.6. The smallest absolute Gasteiger partial charge is 0.304 e. The molecule has 0 fully saturated rings. The molecule has 2 atom stereocenters. The number of aliphatic carboxylic acids is 1. The summed E-state index contributed by atoms with van der Waals surface area (Å²) in [6, 6.07) is 9.38. The Balaban J connectivity index is 2.83. The fourth-order valence-corrected chi connectivity index (χ4v) is 1.50. The summed E-state index contributed by atoms with van der Waals surface area (Å²) in [7, 11) is 0. The van der Waals surface area contributed by atoms with Gasteiger partial charge in [-0.15, -0.1) is 0 Å². The van der Waals surface area contributed by atoms with Crippen molar-refractivity contribution in [3.8, 4) is 0 Å². The van der Waals surface area contributed by atoms with Crippen molar-refractivity contribution in [3.05, 3.63) is 35.9 Å². The van der Waals surface area contributed by atoms with Crippen LogP contribution in [0, 0.1) is 0 Å². The molecule has 1 aromatic rings. The van der Waals surface area contributed by atoms with Crippen molar-refractivity contribution in [1.29, 1.82) is 0 Å². The molecular formula is C11H15NO2. The van der Waals surface area contributed by atoms with Crippen LogP contribution in [0.15, 0.2) is 30.3 Å². The summed E-state index contributed by atoms with van der Waals surface area (Å²) in [4.78, 5) is 10.6. The molecule has 76 valence electrons. The fourth-order valence-electron chi connectivity index (χ4n) is 1.50. The van der Waals surface area contributed by atoms with Crippen LogP contribution in [-0.4, -0.2) is 17.1 Å². The van der Waals surface area contributed by atoms with Gasteiger partial charge in [0.25, 0.3) is 0 Å². The third-order valence-electron chi connectivity index (χ3n) is 2.26. The molecule has 0 amide bonds. The second kappa shape index (κ2) is 4.77. The van der Waals surface area contributed by atoms with Gasteiger partial charge in [0.2, 0.25) is 0 Å². The number of benzene rings is 1. The Kier molecular flexibility index (Phi) is 3.65. The predicted molar refractivity (Wildman–Crippen MR) is 55.1 cm³/mol. The highest BCUT2D eigenvalue weighted by molar-refractivity contribution is 5.68. The van der Waals surface area contributed by atoms with E-state index in [9.17, 15) is 4.79 Å². The first-order chi connectivity index (χ1) is 6.61. The first kappa shape index (κ1) is 10.7. The maximum Gasteiger partial charge on any atom is 0.304 e. The third kappa shape index (κ3) is 2.85. The van der Waals surface area contributed by atoms with Gasteiger partial charge in [0, 0.05) is 12.0 Å². The van der Waals surface area contributed by atoms with Gasteiger partial charge in [-0.2, -0.15) is 0 Å². The molecule has 3 heteroatoms. The average Bonchev–Trinajstić information content (AvgIpc) is 2.15. The van der Waals surface area contributed by atoms with Gasteiger partial charge in [0.1, 0.15) is 0 Å². The SMILES string of the molecule is C[C@H](N)[C@H](CC(=O)O)c1ccccc1. The Morgan fingerprint density at radius 1 is 1.43 bits per heavy atom. The summed E-state index contributed by atoms with van der Waals surface area (Å²) in [6.45, 7) is 1.83. The number of nitrogens with two attached hydrogens (primary N) is 1. The standard InChI is InChI=1S/C11H15NO2/c1-8(12)10(7-11(13)14)9-5-3-2-4-6-9/h2-6,8,10H,7,12H2,1H3,(H,13,14)/t8-,10-/m0/s1. The topological polar surface area (TPSA) is 63.3 Å². The molecule has 1 rings (SSSR count). The Labute approximate surface area is 83.6 Å². The van der Waals surface area contributed by atoms with Crippen molar-refractivity contribution >= 4 is 5.97 Å². The Morgan fingerprint density at radius 3 is 2.43 bits per heavy atom. The molecule has 14 heavy (non-hydrogen) atoms. The second-order valence-corrected chi connectivity index (χ2v) is 3.47. The van der Waals surface area contributed by atoms with E-state index < -0.39 is 5.97 Å². The molecule has 3 nitrogen and oxygen atoms in total. The van der Waals surface area contributed by atoms with E-state index in [1.54, 1.807) is 0 Å². The van der Waals surface area contributed by atoms with E-state index in [0.717, 1.165) is 5.56 Å². The summed E-state index contributed by atoms with van der Waals surface area (Å²) >= 11 is 0. The van der Waals surface area contributed by atoms with Crippen LogP contribution in [0.5, 0.6) is 0 Å². The molecule has 1 aromatic carbocycles. The van der Waals surface area contributed by atoms with E-state index >= 15 is 0 Å². The quantitative estimate of drug-likeness (QED) is 0.763. The van der Waals surface area contributed by atoms with Crippen molar-refractivity contribution in [2.45, 2.75) is 25.3 Å². The van der Waals surface area contributed by atoms with Gasteiger partial charge in [0.15, 0.2) is 0 Å². The molecule has 0 saturated heterocycles. The molecule has 3 N–H and O–H groups in total. The van der Waals surface area contributed by atoms with Gasteiger partial charge in [-0.05, 0) is 12.5 Å². The zero-order chi connectivity index (χ0) is 10.6. The maximum absolute atomic E-state index is 10.6. The van der Waals surface area contributed by atoms with Crippen LogP contribution in [0.3, 0.4) is 0 Å². The normalized spacial score (nSPS) is 14.7. The largest absolute Gasteiger partial charge is 0.481 e. The lowest BCUT2D eigenvalue weighted by atomic mass is 9.90. The number of carbonyl (C=O) groups is 1. The lowest BCUT2D eigenvalue weighted by Gasteiger charge is -2.18. The Hall–Kier alpha value is -1.35. The minimum atomic E-state index is -0.809. The summed E-state index contributed by atoms with van der Waals surface area (Å²) < 4.78 is 0. The van der Waals surface area contributed by atoms with Crippen LogP contribution < -0.4 is 5.73 Å². The van der Waals surface area contributed by atoms with E-state index in [0.29, 0.717) is 0 Å². The zero-order valence-electron chi connectivity index (χ0n) is 8.18. The molecule has 0 aliphatic rings. The monoisotopic (exact) mass is 193 g/mol. The molecule has 0 spiro atoms. The zero-order valence-corrected chi connectivity index (χ0v) is 8.18. The minimum Gasteiger partial charge on any atom is -0.481 e. The predicted octanol–water partition coefficient (Wildman–Crippen LogP) is 1.59. The molecule has 0 bridgehead atoms. The van der Waals surface area contributed by atoms with Gasteiger partial charge < -0.3 is 10.8 Å². The lowest BCUT2D eigenvalue weighted by Crippen LogP contribution is -2.26. The van der Waals surface area contributed by atoms with Gasteiger partial charge in [0.05, 0.1) is 6.42 Å². The molecule has 0 heterocycles. The van der Waals surface area contributed by atoms with Crippen molar-refractivity contribution < 1.29 is 9.90 Å². The van der Waals surface area contributed by atoms with Crippen molar-refractivity contribution in [3.63, 3.8) is 0 Å². The molecule has 0 aliphatic carbocycles. The number of carboxylic acid groups (broad SMARTS) is 1. The highest BCUT2D eigenvalue weighted by atomic mass is 16.4. The molecule has 0 aromatic heterocycles. The number of hydrogen-bond donors (Lipinski definition) is 2.